The average Bonchev–Trinajstić information content (AvgIpc) is 2.52. The predicted molar refractivity (Wildman–Crippen MR) is 96.5 cm³/mol. The van der Waals surface area contributed by atoms with Crippen molar-refractivity contribution in [2.75, 3.05) is 7.11 Å². The van der Waals surface area contributed by atoms with E-state index in [1.54, 1.807) is 13.2 Å². The Hall–Kier alpha value is -1.83. The van der Waals surface area contributed by atoms with E-state index < -0.39 is 0 Å². The van der Waals surface area contributed by atoms with E-state index in [0.717, 1.165) is 17.7 Å². The molecule has 124 valence electrons. The Balaban J connectivity index is 1.90. The SMILES string of the molecule is COc1ccc(/C=C/C(=O)CCC2C(C)=CCCC2(C)C)cc1. The molecule has 0 aromatic heterocycles. The number of ether oxygens (including phenoxy) is 1. The van der Waals surface area contributed by atoms with Crippen molar-refractivity contribution in [3.8, 4) is 5.75 Å². The lowest BCUT2D eigenvalue weighted by Gasteiger charge is -2.38. The summed E-state index contributed by atoms with van der Waals surface area (Å²) in [5, 5.41) is 0. The average molecular weight is 312 g/mol. The third-order valence-electron chi connectivity index (χ3n) is 5.00. The molecule has 1 atom stereocenters. The smallest absolute Gasteiger partial charge is 0.155 e. The number of methoxy groups -OCH3 is 1. The minimum Gasteiger partial charge on any atom is -0.497 e. The van der Waals surface area contributed by atoms with Crippen molar-refractivity contribution in [3.05, 3.63) is 47.6 Å². The van der Waals surface area contributed by atoms with Gasteiger partial charge >= 0.3 is 0 Å². The van der Waals surface area contributed by atoms with Crippen LogP contribution in [0.5, 0.6) is 5.75 Å². The van der Waals surface area contributed by atoms with Gasteiger partial charge < -0.3 is 4.74 Å². The van der Waals surface area contributed by atoms with Crippen LogP contribution in [0.25, 0.3) is 6.08 Å². The van der Waals surface area contributed by atoms with Crippen LogP contribution in [0.15, 0.2) is 42.0 Å². The lowest BCUT2D eigenvalue weighted by molar-refractivity contribution is -0.114. The lowest BCUT2D eigenvalue weighted by atomic mass is 9.67. The second-order valence-electron chi connectivity index (χ2n) is 7.14. The Bertz CT molecular complexity index is 591. The zero-order chi connectivity index (χ0) is 16.9. The highest BCUT2D eigenvalue weighted by molar-refractivity contribution is 5.93. The second kappa shape index (κ2) is 7.63. The van der Waals surface area contributed by atoms with E-state index in [1.807, 2.05) is 30.3 Å². The summed E-state index contributed by atoms with van der Waals surface area (Å²) < 4.78 is 5.13. The highest BCUT2D eigenvalue weighted by Crippen LogP contribution is 2.43. The fourth-order valence-corrected chi connectivity index (χ4v) is 3.50. The van der Waals surface area contributed by atoms with Crippen molar-refractivity contribution < 1.29 is 9.53 Å². The first-order valence-electron chi connectivity index (χ1n) is 8.44. The van der Waals surface area contributed by atoms with Crippen LogP contribution in [0.3, 0.4) is 0 Å². The number of hydrogen-bond donors (Lipinski definition) is 0. The fraction of sp³-hybridized carbons (Fsp3) is 0.476. The van der Waals surface area contributed by atoms with Gasteiger partial charge in [-0.1, -0.05) is 43.7 Å². The van der Waals surface area contributed by atoms with E-state index in [4.69, 9.17) is 4.74 Å². The van der Waals surface area contributed by atoms with Gasteiger partial charge in [0.15, 0.2) is 5.78 Å². The van der Waals surface area contributed by atoms with Crippen LogP contribution in [-0.2, 0) is 4.79 Å². The van der Waals surface area contributed by atoms with Crippen LogP contribution in [-0.4, -0.2) is 12.9 Å². The molecule has 0 radical (unpaired) electrons. The number of benzene rings is 1. The van der Waals surface area contributed by atoms with E-state index in [2.05, 4.69) is 26.8 Å². The summed E-state index contributed by atoms with van der Waals surface area (Å²) in [6, 6.07) is 7.73. The van der Waals surface area contributed by atoms with E-state index >= 15 is 0 Å². The molecule has 23 heavy (non-hydrogen) atoms. The summed E-state index contributed by atoms with van der Waals surface area (Å²) >= 11 is 0. The Kier molecular flexibility index (Phi) is 5.81. The molecule has 0 N–H and O–H groups in total. The van der Waals surface area contributed by atoms with E-state index in [9.17, 15) is 4.79 Å². The molecular weight excluding hydrogens is 284 g/mol. The van der Waals surface area contributed by atoms with Gasteiger partial charge in [-0.05, 0) is 61.3 Å². The van der Waals surface area contributed by atoms with E-state index in [0.29, 0.717) is 17.8 Å². The third kappa shape index (κ3) is 4.82. The maximum atomic E-state index is 12.2. The summed E-state index contributed by atoms with van der Waals surface area (Å²) in [7, 11) is 1.65. The molecular formula is C21H28O2. The van der Waals surface area contributed by atoms with Gasteiger partial charge in [0.1, 0.15) is 5.75 Å². The van der Waals surface area contributed by atoms with E-state index in [-0.39, 0.29) is 5.78 Å². The van der Waals surface area contributed by atoms with Crippen molar-refractivity contribution in [2.45, 2.75) is 46.5 Å². The van der Waals surface area contributed by atoms with Gasteiger partial charge in [-0.3, -0.25) is 4.79 Å². The monoisotopic (exact) mass is 312 g/mol. The zero-order valence-electron chi connectivity index (χ0n) is 14.8. The molecule has 0 aliphatic heterocycles. The number of carbonyl (C=O) groups is 1. The quantitative estimate of drug-likeness (QED) is 0.516. The first-order valence-corrected chi connectivity index (χ1v) is 8.44. The molecule has 1 aliphatic carbocycles. The Morgan fingerprint density at radius 3 is 2.61 bits per heavy atom. The van der Waals surface area contributed by atoms with Crippen LogP contribution in [0.2, 0.25) is 0 Å². The first kappa shape index (κ1) is 17.5. The second-order valence-corrected chi connectivity index (χ2v) is 7.14. The highest BCUT2D eigenvalue weighted by atomic mass is 16.5. The molecule has 0 saturated heterocycles. The third-order valence-corrected chi connectivity index (χ3v) is 5.00. The summed E-state index contributed by atoms with van der Waals surface area (Å²) in [5.41, 5.74) is 2.78. The van der Waals surface area contributed by atoms with Crippen LogP contribution in [0.1, 0.15) is 52.0 Å². The fourth-order valence-electron chi connectivity index (χ4n) is 3.50. The molecule has 0 spiro atoms. The molecule has 0 fully saturated rings. The molecule has 1 aliphatic rings. The van der Waals surface area contributed by atoms with Crippen LogP contribution < -0.4 is 4.74 Å². The largest absolute Gasteiger partial charge is 0.497 e. The van der Waals surface area contributed by atoms with Gasteiger partial charge in [0.2, 0.25) is 0 Å². The number of ketones is 1. The molecule has 1 aromatic carbocycles. The number of hydrogen-bond acceptors (Lipinski definition) is 2. The molecule has 2 nitrogen and oxygen atoms in total. The maximum Gasteiger partial charge on any atom is 0.155 e. The van der Waals surface area contributed by atoms with Gasteiger partial charge in [-0.15, -0.1) is 0 Å². The standard InChI is InChI=1S/C21H28O2/c1-16-6-5-15-21(2,3)20(16)14-11-18(22)10-7-17-8-12-19(23-4)13-9-17/h6-10,12-13,20H,5,11,14-15H2,1-4H3/b10-7+. The number of carbonyl (C=O) groups excluding carboxylic acids is 1. The molecule has 2 heteroatoms. The first-order chi connectivity index (χ1) is 10.9. The molecule has 0 saturated carbocycles. The predicted octanol–water partition coefficient (Wildman–Crippen LogP) is 5.44. The summed E-state index contributed by atoms with van der Waals surface area (Å²) in [6.45, 7) is 6.86. The Morgan fingerprint density at radius 1 is 1.30 bits per heavy atom. The van der Waals surface area contributed by atoms with Crippen LogP contribution in [0.4, 0.5) is 0 Å². The highest BCUT2D eigenvalue weighted by Gasteiger charge is 2.32. The molecule has 1 aromatic rings. The molecule has 2 rings (SSSR count). The summed E-state index contributed by atoms with van der Waals surface area (Å²) in [4.78, 5) is 12.2. The van der Waals surface area contributed by atoms with Crippen molar-refractivity contribution in [2.24, 2.45) is 11.3 Å². The number of rotatable bonds is 6. The van der Waals surface area contributed by atoms with Crippen molar-refractivity contribution in [1.29, 1.82) is 0 Å². The molecule has 1 unspecified atom stereocenters. The minimum absolute atomic E-state index is 0.204. The van der Waals surface area contributed by atoms with E-state index in [1.165, 1.54) is 18.4 Å². The van der Waals surface area contributed by atoms with Gasteiger partial charge in [-0.25, -0.2) is 0 Å². The van der Waals surface area contributed by atoms with Gasteiger partial charge in [-0.2, -0.15) is 0 Å². The van der Waals surface area contributed by atoms with Crippen molar-refractivity contribution in [3.63, 3.8) is 0 Å². The maximum absolute atomic E-state index is 12.2. The number of allylic oxidation sites excluding steroid dienone is 3. The summed E-state index contributed by atoms with van der Waals surface area (Å²) in [6.07, 6.45) is 9.87. The van der Waals surface area contributed by atoms with Crippen LogP contribution >= 0.6 is 0 Å². The van der Waals surface area contributed by atoms with Gasteiger partial charge in [0.25, 0.3) is 0 Å². The molecule has 0 heterocycles. The molecule has 0 amide bonds. The van der Waals surface area contributed by atoms with Crippen molar-refractivity contribution in [1.82, 2.24) is 0 Å². The molecule has 0 bridgehead atoms. The minimum atomic E-state index is 0.204. The lowest BCUT2D eigenvalue weighted by Crippen LogP contribution is -2.28. The van der Waals surface area contributed by atoms with Gasteiger partial charge in [0, 0.05) is 6.42 Å². The Labute approximate surface area is 140 Å². The van der Waals surface area contributed by atoms with Crippen molar-refractivity contribution >= 4 is 11.9 Å². The van der Waals surface area contributed by atoms with Gasteiger partial charge in [0.05, 0.1) is 7.11 Å². The topological polar surface area (TPSA) is 26.3 Å². The zero-order valence-corrected chi connectivity index (χ0v) is 14.8. The van der Waals surface area contributed by atoms with Crippen LogP contribution in [0, 0.1) is 11.3 Å². The summed E-state index contributed by atoms with van der Waals surface area (Å²) in [5.74, 6) is 1.56. The normalized spacial score (nSPS) is 20.3. The Morgan fingerprint density at radius 2 is 2.00 bits per heavy atom.